The van der Waals surface area contributed by atoms with Gasteiger partial charge in [0.15, 0.2) is 0 Å². The van der Waals surface area contributed by atoms with Gasteiger partial charge in [-0.15, -0.1) is 0 Å². The topological polar surface area (TPSA) is 9.23 Å². The summed E-state index contributed by atoms with van der Waals surface area (Å²) in [5.74, 6) is 0.703. The molecule has 0 spiro atoms. The van der Waals surface area contributed by atoms with Crippen LogP contribution in [0.4, 0.5) is 0 Å². The molecule has 4 heteroatoms. The fraction of sp³-hybridized carbons (Fsp3) is 0.538. The molecule has 1 aromatic rings. The van der Waals surface area contributed by atoms with Crippen molar-refractivity contribution in [2.75, 3.05) is 26.4 Å². The van der Waals surface area contributed by atoms with E-state index in [0.717, 1.165) is 24.1 Å². The molecule has 0 fully saturated rings. The molecule has 0 saturated carbocycles. The van der Waals surface area contributed by atoms with Crippen LogP contribution in [-0.4, -0.2) is 30.8 Å². The summed E-state index contributed by atoms with van der Waals surface area (Å²) in [6, 6.07) is 5.32. The van der Waals surface area contributed by atoms with Crippen LogP contribution in [0.25, 0.3) is 0 Å². The number of nitrogens with zero attached hydrogens (tertiary/aromatic N) is 1. The summed E-state index contributed by atoms with van der Waals surface area (Å²) in [5.41, 5.74) is 0. The molecular formula is C13H20Cl2NO+. The average Bonchev–Trinajstić information content (AvgIpc) is 2.33. The van der Waals surface area contributed by atoms with Gasteiger partial charge in [-0.3, -0.25) is 4.48 Å². The first kappa shape index (κ1) is 14.6. The van der Waals surface area contributed by atoms with Gasteiger partial charge < -0.3 is 4.74 Å². The van der Waals surface area contributed by atoms with Crippen molar-refractivity contribution in [1.29, 1.82) is 0 Å². The highest BCUT2D eigenvalue weighted by molar-refractivity contribution is 6.35. The second kappa shape index (κ2) is 6.48. The van der Waals surface area contributed by atoms with Gasteiger partial charge in [0, 0.05) is 5.02 Å². The Balaban J connectivity index is 2.72. The van der Waals surface area contributed by atoms with Crippen molar-refractivity contribution >= 4 is 23.2 Å². The van der Waals surface area contributed by atoms with Crippen LogP contribution in [0.1, 0.15) is 20.8 Å². The van der Waals surface area contributed by atoms with E-state index in [-0.39, 0.29) is 0 Å². The van der Waals surface area contributed by atoms with E-state index < -0.39 is 0 Å². The summed E-state index contributed by atoms with van der Waals surface area (Å²) in [6.07, 6.45) is 0. The molecule has 0 unspecified atom stereocenters. The third-order valence-corrected chi connectivity index (χ3v) is 3.93. The quantitative estimate of drug-likeness (QED) is 0.559. The van der Waals surface area contributed by atoms with Crippen LogP contribution in [0.5, 0.6) is 5.75 Å². The maximum Gasteiger partial charge on any atom is 0.224 e. The van der Waals surface area contributed by atoms with Crippen molar-refractivity contribution in [3.63, 3.8) is 0 Å². The lowest BCUT2D eigenvalue weighted by molar-refractivity contribution is -0.937. The number of rotatable bonds is 6. The Bertz CT molecular complexity index is 356. The van der Waals surface area contributed by atoms with Gasteiger partial charge in [-0.2, -0.15) is 0 Å². The SMILES string of the molecule is CC[N+](CC)(CC)COc1ccc(Cl)cc1Cl. The second-order valence-corrected chi connectivity index (χ2v) is 4.98. The van der Waals surface area contributed by atoms with Gasteiger partial charge >= 0.3 is 0 Å². The van der Waals surface area contributed by atoms with E-state index in [2.05, 4.69) is 20.8 Å². The predicted octanol–water partition coefficient (Wildman–Crippen LogP) is 4.21. The Morgan fingerprint density at radius 2 is 1.65 bits per heavy atom. The summed E-state index contributed by atoms with van der Waals surface area (Å²) in [7, 11) is 0. The molecule has 96 valence electrons. The van der Waals surface area contributed by atoms with E-state index in [1.54, 1.807) is 12.1 Å². The van der Waals surface area contributed by atoms with Crippen molar-refractivity contribution in [3.8, 4) is 5.75 Å². The Morgan fingerprint density at radius 1 is 1.06 bits per heavy atom. The van der Waals surface area contributed by atoms with Crippen LogP contribution in [0.2, 0.25) is 10.0 Å². The third-order valence-electron chi connectivity index (χ3n) is 3.40. The van der Waals surface area contributed by atoms with Crippen LogP contribution >= 0.6 is 23.2 Å². The zero-order chi connectivity index (χ0) is 12.9. The molecule has 0 radical (unpaired) electrons. The lowest BCUT2D eigenvalue weighted by Gasteiger charge is -2.35. The van der Waals surface area contributed by atoms with E-state index in [1.807, 2.05) is 6.07 Å². The molecule has 0 atom stereocenters. The molecule has 0 heterocycles. The third kappa shape index (κ3) is 3.77. The van der Waals surface area contributed by atoms with Crippen LogP contribution in [-0.2, 0) is 0 Å². The van der Waals surface area contributed by atoms with Gasteiger partial charge in [-0.05, 0) is 39.0 Å². The van der Waals surface area contributed by atoms with E-state index in [9.17, 15) is 0 Å². The van der Waals surface area contributed by atoms with Crippen LogP contribution < -0.4 is 4.74 Å². The first-order valence-electron chi connectivity index (χ1n) is 6.00. The molecule has 0 bridgehead atoms. The summed E-state index contributed by atoms with van der Waals surface area (Å²) in [4.78, 5) is 0. The van der Waals surface area contributed by atoms with E-state index in [4.69, 9.17) is 27.9 Å². The minimum atomic E-state index is 0.568. The summed E-state index contributed by atoms with van der Waals surface area (Å²) in [5, 5.41) is 1.20. The number of quaternary nitrogens is 1. The minimum absolute atomic E-state index is 0.568. The van der Waals surface area contributed by atoms with Crippen molar-refractivity contribution in [1.82, 2.24) is 0 Å². The molecule has 1 rings (SSSR count). The molecule has 17 heavy (non-hydrogen) atoms. The first-order chi connectivity index (χ1) is 8.06. The van der Waals surface area contributed by atoms with Gasteiger partial charge in [-0.25, -0.2) is 0 Å². The van der Waals surface area contributed by atoms with Crippen molar-refractivity contribution in [2.24, 2.45) is 0 Å². The van der Waals surface area contributed by atoms with Crippen molar-refractivity contribution in [3.05, 3.63) is 28.2 Å². The number of ether oxygens (including phenoxy) is 1. The van der Waals surface area contributed by atoms with E-state index in [1.165, 1.54) is 0 Å². The number of halogens is 2. The second-order valence-electron chi connectivity index (χ2n) is 4.14. The fourth-order valence-electron chi connectivity index (χ4n) is 1.74. The maximum absolute atomic E-state index is 6.07. The fourth-order valence-corrected chi connectivity index (χ4v) is 2.21. The Kier molecular flexibility index (Phi) is 5.57. The molecule has 0 aliphatic carbocycles. The highest BCUT2D eigenvalue weighted by Gasteiger charge is 2.21. The van der Waals surface area contributed by atoms with Crippen molar-refractivity contribution < 1.29 is 9.22 Å². The van der Waals surface area contributed by atoms with Crippen LogP contribution in [0.3, 0.4) is 0 Å². The smallest absolute Gasteiger partial charge is 0.224 e. The maximum atomic E-state index is 6.07. The Hall–Kier alpha value is -0.440. The minimum Gasteiger partial charge on any atom is -0.444 e. The molecule has 0 aromatic heterocycles. The summed E-state index contributed by atoms with van der Waals surface area (Å²) < 4.78 is 6.74. The highest BCUT2D eigenvalue weighted by Crippen LogP contribution is 2.28. The summed E-state index contributed by atoms with van der Waals surface area (Å²) >= 11 is 11.9. The number of hydrogen-bond donors (Lipinski definition) is 0. The molecular weight excluding hydrogens is 257 g/mol. The number of hydrogen-bond acceptors (Lipinski definition) is 1. The van der Waals surface area contributed by atoms with Gasteiger partial charge in [0.25, 0.3) is 0 Å². The lowest BCUT2D eigenvalue weighted by atomic mass is 10.3. The number of benzene rings is 1. The van der Waals surface area contributed by atoms with Gasteiger partial charge in [-0.1, -0.05) is 23.2 Å². The molecule has 0 N–H and O–H groups in total. The molecule has 2 nitrogen and oxygen atoms in total. The molecule has 0 aliphatic rings. The Morgan fingerprint density at radius 3 is 2.12 bits per heavy atom. The zero-order valence-electron chi connectivity index (χ0n) is 10.7. The van der Waals surface area contributed by atoms with Crippen LogP contribution in [0, 0.1) is 0 Å². The average molecular weight is 277 g/mol. The van der Waals surface area contributed by atoms with Crippen molar-refractivity contribution in [2.45, 2.75) is 20.8 Å². The van der Waals surface area contributed by atoms with Crippen LogP contribution in [0.15, 0.2) is 18.2 Å². The lowest BCUT2D eigenvalue weighted by Crippen LogP contribution is -2.50. The van der Waals surface area contributed by atoms with E-state index >= 15 is 0 Å². The standard InChI is InChI=1S/C13H20Cl2NO/c1-4-16(5-2,6-3)10-17-13-8-7-11(14)9-12(13)15/h7-9H,4-6,10H2,1-3H3/q+1. The molecule has 0 saturated heterocycles. The zero-order valence-corrected chi connectivity index (χ0v) is 12.2. The normalized spacial score (nSPS) is 11.6. The highest BCUT2D eigenvalue weighted by atomic mass is 35.5. The molecule has 0 amide bonds. The largest absolute Gasteiger partial charge is 0.444 e. The van der Waals surface area contributed by atoms with Gasteiger partial charge in [0.1, 0.15) is 5.75 Å². The van der Waals surface area contributed by atoms with E-state index in [0.29, 0.717) is 22.5 Å². The first-order valence-corrected chi connectivity index (χ1v) is 6.75. The molecule has 0 aliphatic heterocycles. The van der Waals surface area contributed by atoms with Gasteiger partial charge in [0.05, 0.1) is 24.7 Å². The Labute approximate surface area is 114 Å². The predicted molar refractivity (Wildman–Crippen MR) is 73.8 cm³/mol. The molecule has 1 aromatic carbocycles. The monoisotopic (exact) mass is 276 g/mol. The summed E-state index contributed by atoms with van der Waals surface area (Å²) in [6.45, 7) is 10.3. The van der Waals surface area contributed by atoms with Gasteiger partial charge in [0.2, 0.25) is 6.73 Å².